The fourth-order valence-electron chi connectivity index (χ4n) is 3.24. The van der Waals surface area contributed by atoms with Crippen molar-refractivity contribution in [2.24, 2.45) is 0 Å². The standard InChI is InChI=1S/C17H23N3O2/c1-3-4-16(21)20-9-7-19(8-10-20)14-5-6-15-13(11-14)12-17(22)18(15)2/h5-6,11H,3-4,7-10,12H2,1-2H3. The maximum absolute atomic E-state index is 11.9. The molecule has 1 fully saturated rings. The van der Waals surface area contributed by atoms with Gasteiger partial charge in [-0.3, -0.25) is 9.59 Å². The summed E-state index contributed by atoms with van der Waals surface area (Å²) in [5, 5.41) is 0. The van der Waals surface area contributed by atoms with E-state index in [-0.39, 0.29) is 11.8 Å². The van der Waals surface area contributed by atoms with Gasteiger partial charge in [0, 0.05) is 51.0 Å². The quantitative estimate of drug-likeness (QED) is 0.853. The molecule has 0 saturated carbocycles. The highest BCUT2D eigenvalue weighted by atomic mass is 16.2. The number of amides is 2. The van der Waals surface area contributed by atoms with Crippen LogP contribution in [0.1, 0.15) is 25.3 Å². The van der Waals surface area contributed by atoms with E-state index in [1.807, 2.05) is 24.9 Å². The first kappa shape index (κ1) is 14.9. The summed E-state index contributed by atoms with van der Waals surface area (Å²) in [5.41, 5.74) is 3.28. The molecule has 0 radical (unpaired) electrons. The van der Waals surface area contributed by atoms with Crippen LogP contribution in [-0.2, 0) is 16.0 Å². The molecule has 0 unspecified atom stereocenters. The lowest BCUT2D eigenvalue weighted by atomic mass is 10.1. The molecule has 22 heavy (non-hydrogen) atoms. The SMILES string of the molecule is CCCC(=O)N1CCN(c2ccc3c(c2)CC(=O)N3C)CC1. The Kier molecular flexibility index (Phi) is 4.05. The second kappa shape index (κ2) is 5.99. The number of likely N-dealkylation sites (N-methyl/N-ethyl adjacent to an activating group) is 1. The van der Waals surface area contributed by atoms with E-state index < -0.39 is 0 Å². The molecule has 0 aromatic heterocycles. The van der Waals surface area contributed by atoms with Gasteiger partial charge >= 0.3 is 0 Å². The van der Waals surface area contributed by atoms with Crippen molar-refractivity contribution in [2.45, 2.75) is 26.2 Å². The van der Waals surface area contributed by atoms with Gasteiger partial charge in [0.25, 0.3) is 0 Å². The van der Waals surface area contributed by atoms with Gasteiger partial charge < -0.3 is 14.7 Å². The van der Waals surface area contributed by atoms with Crippen molar-refractivity contribution in [3.05, 3.63) is 23.8 Å². The molecule has 0 bridgehead atoms. The Morgan fingerprint density at radius 2 is 1.91 bits per heavy atom. The van der Waals surface area contributed by atoms with Crippen molar-refractivity contribution in [2.75, 3.05) is 43.0 Å². The predicted molar refractivity (Wildman–Crippen MR) is 87.3 cm³/mol. The van der Waals surface area contributed by atoms with Crippen molar-refractivity contribution < 1.29 is 9.59 Å². The molecule has 2 heterocycles. The number of anilines is 2. The molecule has 0 spiro atoms. The van der Waals surface area contributed by atoms with E-state index in [1.54, 1.807) is 4.90 Å². The Morgan fingerprint density at radius 1 is 1.18 bits per heavy atom. The van der Waals surface area contributed by atoms with Gasteiger partial charge in [0.2, 0.25) is 11.8 Å². The first-order valence-electron chi connectivity index (χ1n) is 8.02. The predicted octanol–water partition coefficient (Wildman–Crippen LogP) is 1.65. The van der Waals surface area contributed by atoms with Crippen LogP contribution in [0.3, 0.4) is 0 Å². The third-order valence-corrected chi connectivity index (χ3v) is 4.60. The van der Waals surface area contributed by atoms with Crippen LogP contribution in [0.25, 0.3) is 0 Å². The van der Waals surface area contributed by atoms with Crippen molar-refractivity contribution >= 4 is 23.2 Å². The van der Waals surface area contributed by atoms with E-state index >= 15 is 0 Å². The highest BCUT2D eigenvalue weighted by Crippen LogP contribution is 2.31. The van der Waals surface area contributed by atoms with E-state index in [0.717, 1.165) is 49.5 Å². The Bertz CT molecular complexity index is 592. The fraction of sp³-hybridized carbons (Fsp3) is 0.529. The molecule has 0 atom stereocenters. The number of carbonyl (C=O) groups is 2. The zero-order valence-electron chi connectivity index (χ0n) is 13.3. The summed E-state index contributed by atoms with van der Waals surface area (Å²) < 4.78 is 0. The van der Waals surface area contributed by atoms with Gasteiger partial charge in [0.05, 0.1) is 6.42 Å². The third kappa shape index (κ3) is 2.67. The minimum atomic E-state index is 0.155. The lowest BCUT2D eigenvalue weighted by Gasteiger charge is -2.36. The molecule has 0 aliphatic carbocycles. The Hall–Kier alpha value is -2.04. The Morgan fingerprint density at radius 3 is 2.59 bits per heavy atom. The number of fused-ring (bicyclic) bond motifs is 1. The highest BCUT2D eigenvalue weighted by Gasteiger charge is 2.26. The van der Waals surface area contributed by atoms with E-state index in [4.69, 9.17) is 0 Å². The maximum atomic E-state index is 11.9. The second-order valence-electron chi connectivity index (χ2n) is 6.06. The Balaban J connectivity index is 1.66. The number of nitrogens with zero attached hydrogens (tertiary/aromatic N) is 3. The van der Waals surface area contributed by atoms with Gasteiger partial charge in [-0.15, -0.1) is 0 Å². The van der Waals surface area contributed by atoms with Gasteiger partial charge in [-0.2, -0.15) is 0 Å². The summed E-state index contributed by atoms with van der Waals surface area (Å²) in [4.78, 5) is 29.7. The van der Waals surface area contributed by atoms with Crippen LogP contribution in [0, 0.1) is 0 Å². The lowest BCUT2D eigenvalue weighted by Crippen LogP contribution is -2.48. The topological polar surface area (TPSA) is 43.9 Å². The fourth-order valence-corrected chi connectivity index (χ4v) is 3.24. The van der Waals surface area contributed by atoms with E-state index in [0.29, 0.717) is 12.8 Å². The van der Waals surface area contributed by atoms with Crippen molar-refractivity contribution in [1.29, 1.82) is 0 Å². The molecule has 1 aromatic rings. The van der Waals surface area contributed by atoms with Crippen molar-refractivity contribution in [3.63, 3.8) is 0 Å². The van der Waals surface area contributed by atoms with Crippen LogP contribution >= 0.6 is 0 Å². The zero-order valence-corrected chi connectivity index (χ0v) is 13.3. The second-order valence-corrected chi connectivity index (χ2v) is 6.06. The van der Waals surface area contributed by atoms with Crippen molar-refractivity contribution in [3.8, 4) is 0 Å². The summed E-state index contributed by atoms with van der Waals surface area (Å²) >= 11 is 0. The van der Waals surface area contributed by atoms with Gasteiger partial charge in [0.1, 0.15) is 0 Å². The molecule has 1 aromatic carbocycles. The zero-order chi connectivity index (χ0) is 15.7. The average molecular weight is 301 g/mol. The monoisotopic (exact) mass is 301 g/mol. The Labute approximate surface area is 131 Å². The summed E-state index contributed by atoms with van der Waals surface area (Å²) in [6, 6.07) is 6.24. The van der Waals surface area contributed by atoms with Gasteiger partial charge in [-0.05, 0) is 30.2 Å². The van der Waals surface area contributed by atoms with E-state index in [9.17, 15) is 9.59 Å². The molecular weight excluding hydrogens is 278 g/mol. The van der Waals surface area contributed by atoms with E-state index in [1.165, 1.54) is 0 Å². The summed E-state index contributed by atoms with van der Waals surface area (Å²) in [7, 11) is 1.83. The first-order chi connectivity index (χ1) is 10.6. The molecule has 0 N–H and O–H groups in total. The van der Waals surface area contributed by atoms with Gasteiger partial charge in [-0.25, -0.2) is 0 Å². The van der Waals surface area contributed by atoms with Crippen LogP contribution in [0.4, 0.5) is 11.4 Å². The molecule has 2 amide bonds. The van der Waals surface area contributed by atoms with Crippen LogP contribution in [-0.4, -0.2) is 49.9 Å². The number of benzene rings is 1. The third-order valence-electron chi connectivity index (χ3n) is 4.60. The van der Waals surface area contributed by atoms with Gasteiger partial charge in [0.15, 0.2) is 0 Å². The smallest absolute Gasteiger partial charge is 0.231 e. The molecule has 1 saturated heterocycles. The number of carbonyl (C=O) groups excluding carboxylic acids is 2. The highest BCUT2D eigenvalue weighted by molar-refractivity contribution is 6.01. The van der Waals surface area contributed by atoms with Crippen LogP contribution in [0.2, 0.25) is 0 Å². The molecular formula is C17H23N3O2. The lowest BCUT2D eigenvalue weighted by molar-refractivity contribution is -0.131. The molecule has 2 aliphatic rings. The van der Waals surface area contributed by atoms with Crippen LogP contribution in [0.15, 0.2) is 18.2 Å². The number of hydrogen-bond acceptors (Lipinski definition) is 3. The van der Waals surface area contributed by atoms with Crippen LogP contribution < -0.4 is 9.80 Å². The number of rotatable bonds is 3. The minimum Gasteiger partial charge on any atom is -0.368 e. The van der Waals surface area contributed by atoms with Crippen LogP contribution in [0.5, 0.6) is 0 Å². The molecule has 118 valence electrons. The number of piperazine rings is 1. The first-order valence-corrected chi connectivity index (χ1v) is 8.02. The molecule has 5 nitrogen and oxygen atoms in total. The largest absolute Gasteiger partial charge is 0.368 e. The summed E-state index contributed by atoms with van der Waals surface area (Å²) in [5.74, 6) is 0.422. The van der Waals surface area contributed by atoms with Crippen molar-refractivity contribution in [1.82, 2.24) is 4.90 Å². The summed E-state index contributed by atoms with van der Waals surface area (Å²) in [6.45, 7) is 5.33. The molecule has 2 aliphatic heterocycles. The normalized spacial score (nSPS) is 17.9. The molecule has 5 heteroatoms. The molecule has 3 rings (SSSR count). The minimum absolute atomic E-state index is 0.155. The van der Waals surface area contributed by atoms with E-state index in [2.05, 4.69) is 17.0 Å². The van der Waals surface area contributed by atoms with Gasteiger partial charge in [-0.1, -0.05) is 6.92 Å². The number of hydrogen-bond donors (Lipinski definition) is 0. The average Bonchev–Trinajstić information content (AvgIpc) is 2.82. The summed E-state index contributed by atoms with van der Waals surface area (Å²) in [6.07, 6.45) is 2.05. The maximum Gasteiger partial charge on any atom is 0.231 e.